The average Bonchev–Trinajstić information content (AvgIpc) is 2.64. The van der Waals surface area contributed by atoms with Crippen LogP contribution in [0, 0.1) is 0 Å². The third kappa shape index (κ3) is 3.56. The molecule has 0 radical (unpaired) electrons. The smallest absolute Gasteiger partial charge is 0.332 e. The zero-order valence-corrected chi connectivity index (χ0v) is 8.99. The summed E-state index contributed by atoms with van der Waals surface area (Å²) in [6.07, 6.45) is -0.0505. The minimum absolute atomic E-state index is 0.0461. The van der Waals surface area contributed by atoms with Crippen molar-refractivity contribution in [3.63, 3.8) is 0 Å². The molecule has 0 bridgehead atoms. The van der Waals surface area contributed by atoms with Crippen LogP contribution >= 0.6 is 11.6 Å². The van der Waals surface area contributed by atoms with E-state index in [0.29, 0.717) is 5.02 Å². The summed E-state index contributed by atoms with van der Waals surface area (Å²) in [7, 11) is 0. The second-order valence-corrected chi connectivity index (χ2v) is 3.57. The lowest BCUT2D eigenvalue weighted by Crippen LogP contribution is -2.30. The normalized spacial score (nSPS) is 12.1. The van der Waals surface area contributed by atoms with Gasteiger partial charge in [0.25, 0.3) is 5.91 Å². The molecule has 7 heteroatoms. The molecule has 1 amide bonds. The lowest BCUT2D eigenvalue weighted by atomic mass is 10.2. The average molecular weight is 247 g/mol. The van der Waals surface area contributed by atoms with Crippen LogP contribution in [-0.4, -0.2) is 39.7 Å². The van der Waals surface area contributed by atoms with Crippen molar-refractivity contribution in [2.45, 2.75) is 12.5 Å². The molecule has 1 heterocycles. The number of carboxylic acids is 1. The van der Waals surface area contributed by atoms with Gasteiger partial charge in [0.2, 0.25) is 0 Å². The molecule has 16 heavy (non-hydrogen) atoms. The minimum Gasteiger partial charge on any atom is -0.479 e. The van der Waals surface area contributed by atoms with E-state index in [2.05, 4.69) is 10.3 Å². The SMILES string of the molecule is O=C(NCCC(O)C(=O)O)c1cc(Cl)c[nH]1. The fourth-order valence-corrected chi connectivity index (χ4v) is 1.20. The van der Waals surface area contributed by atoms with E-state index in [9.17, 15) is 9.59 Å². The van der Waals surface area contributed by atoms with Crippen molar-refractivity contribution < 1.29 is 19.8 Å². The molecule has 1 atom stereocenters. The number of amides is 1. The lowest BCUT2D eigenvalue weighted by Gasteiger charge is -2.06. The van der Waals surface area contributed by atoms with Gasteiger partial charge in [-0.15, -0.1) is 0 Å². The third-order valence-electron chi connectivity index (χ3n) is 1.88. The summed E-state index contributed by atoms with van der Waals surface area (Å²) in [6, 6.07) is 1.45. The van der Waals surface area contributed by atoms with E-state index >= 15 is 0 Å². The molecule has 0 aliphatic rings. The highest BCUT2D eigenvalue weighted by Gasteiger charge is 2.13. The predicted octanol–water partition coefficient (Wildman–Crippen LogP) is 0.233. The number of rotatable bonds is 5. The Bertz CT molecular complexity index is 391. The summed E-state index contributed by atoms with van der Waals surface area (Å²) in [5.41, 5.74) is 0.287. The van der Waals surface area contributed by atoms with Gasteiger partial charge in [-0.2, -0.15) is 0 Å². The van der Waals surface area contributed by atoms with E-state index in [1.165, 1.54) is 12.3 Å². The molecule has 4 N–H and O–H groups in total. The zero-order valence-electron chi connectivity index (χ0n) is 8.24. The number of H-pyrrole nitrogens is 1. The van der Waals surface area contributed by atoms with Crippen LogP contribution in [0.2, 0.25) is 5.02 Å². The first-order valence-electron chi connectivity index (χ1n) is 4.53. The van der Waals surface area contributed by atoms with E-state index in [0.717, 1.165) is 0 Å². The number of carbonyl (C=O) groups excluding carboxylic acids is 1. The topological polar surface area (TPSA) is 102 Å². The molecule has 0 aliphatic carbocycles. The van der Waals surface area contributed by atoms with Crippen molar-refractivity contribution >= 4 is 23.5 Å². The Labute approximate surface area is 96.2 Å². The summed E-state index contributed by atoms with van der Waals surface area (Å²) < 4.78 is 0. The molecular formula is C9H11ClN2O4. The van der Waals surface area contributed by atoms with Gasteiger partial charge in [-0.3, -0.25) is 4.79 Å². The first kappa shape index (κ1) is 12.5. The fraction of sp³-hybridized carbons (Fsp3) is 0.333. The van der Waals surface area contributed by atoms with Crippen LogP contribution in [0.3, 0.4) is 0 Å². The Morgan fingerprint density at radius 2 is 2.25 bits per heavy atom. The van der Waals surface area contributed by atoms with Gasteiger partial charge in [0, 0.05) is 19.2 Å². The monoisotopic (exact) mass is 246 g/mol. The number of carboxylic acid groups (broad SMARTS) is 1. The molecule has 1 aromatic heterocycles. The van der Waals surface area contributed by atoms with Gasteiger partial charge >= 0.3 is 5.97 Å². The molecule has 1 aromatic rings. The van der Waals surface area contributed by atoms with Crippen molar-refractivity contribution in [2.75, 3.05) is 6.54 Å². The molecule has 6 nitrogen and oxygen atoms in total. The number of hydrogen-bond acceptors (Lipinski definition) is 3. The molecule has 0 aliphatic heterocycles. The molecule has 1 rings (SSSR count). The van der Waals surface area contributed by atoms with Crippen LogP contribution in [0.15, 0.2) is 12.3 Å². The molecule has 0 aromatic carbocycles. The standard InChI is InChI=1S/C9H11ClN2O4/c10-5-3-6(12-4-5)8(14)11-2-1-7(13)9(15)16/h3-4,7,12-13H,1-2H2,(H,11,14)(H,15,16). The Kier molecular flexibility index (Phi) is 4.33. The van der Waals surface area contributed by atoms with Crippen molar-refractivity contribution in [1.29, 1.82) is 0 Å². The number of nitrogens with one attached hydrogen (secondary N) is 2. The maximum atomic E-state index is 11.4. The van der Waals surface area contributed by atoms with E-state index in [1.54, 1.807) is 0 Å². The van der Waals surface area contributed by atoms with Gasteiger partial charge in [0.05, 0.1) is 5.02 Å². The van der Waals surface area contributed by atoms with Crippen molar-refractivity contribution in [3.8, 4) is 0 Å². The number of halogens is 1. The van der Waals surface area contributed by atoms with E-state index in [4.69, 9.17) is 21.8 Å². The van der Waals surface area contributed by atoms with Gasteiger partial charge in [-0.25, -0.2) is 4.79 Å². The highest BCUT2D eigenvalue weighted by Crippen LogP contribution is 2.08. The van der Waals surface area contributed by atoms with Crippen LogP contribution in [-0.2, 0) is 4.79 Å². The minimum atomic E-state index is -1.47. The third-order valence-corrected chi connectivity index (χ3v) is 2.10. The van der Waals surface area contributed by atoms with Crippen molar-refractivity contribution in [1.82, 2.24) is 10.3 Å². The van der Waals surface area contributed by atoms with Crippen LogP contribution in [0.1, 0.15) is 16.9 Å². The number of aliphatic hydroxyl groups is 1. The summed E-state index contributed by atoms with van der Waals surface area (Å²) in [4.78, 5) is 24.3. The fourth-order valence-electron chi connectivity index (χ4n) is 1.04. The van der Waals surface area contributed by atoms with Gasteiger partial charge in [0.1, 0.15) is 5.69 Å². The first-order valence-corrected chi connectivity index (χ1v) is 4.91. The van der Waals surface area contributed by atoms with E-state index in [-0.39, 0.29) is 18.7 Å². The van der Waals surface area contributed by atoms with Crippen molar-refractivity contribution in [2.24, 2.45) is 0 Å². The number of hydrogen-bond donors (Lipinski definition) is 4. The second-order valence-electron chi connectivity index (χ2n) is 3.13. The maximum Gasteiger partial charge on any atom is 0.332 e. The first-order chi connectivity index (χ1) is 7.50. The van der Waals surface area contributed by atoms with E-state index < -0.39 is 18.0 Å². The summed E-state index contributed by atoms with van der Waals surface area (Å²) in [6.45, 7) is 0.0724. The van der Waals surface area contributed by atoms with Crippen LogP contribution in [0.5, 0.6) is 0 Å². The van der Waals surface area contributed by atoms with Gasteiger partial charge < -0.3 is 20.5 Å². The lowest BCUT2D eigenvalue weighted by molar-refractivity contribution is -0.146. The Morgan fingerprint density at radius 3 is 2.75 bits per heavy atom. The molecule has 1 unspecified atom stereocenters. The number of aromatic nitrogens is 1. The van der Waals surface area contributed by atoms with Gasteiger partial charge in [0.15, 0.2) is 6.10 Å². The Balaban J connectivity index is 2.34. The molecule has 88 valence electrons. The molecule has 0 fully saturated rings. The highest BCUT2D eigenvalue weighted by atomic mass is 35.5. The molecule has 0 saturated carbocycles. The zero-order chi connectivity index (χ0) is 12.1. The molecule has 0 saturated heterocycles. The number of aromatic amines is 1. The Morgan fingerprint density at radius 1 is 1.56 bits per heavy atom. The molecule has 0 spiro atoms. The summed E-state index contributed by atoms with van der Waals surface area (Å²) in [5, 5.41) is 20.2. The summed E-state index contributed by atoms with van der Waals surface area (Å²) >= 11 is 5.60. The van der Waals surface area contributed by atoms with Crippen LogP contribution < -0.4 is 5.32 Å². The van der Waals surface area contributed by atoms with Crippen LogP contribution in [0.4, 0.5) is 0 Å². The Hall–Kier alpha value is -1.53. The number of aliphatic hydroxyl groups excluding tert-OH is 1. The predicted molar refractivity (Wildman–Crippen MR) is 56.4 cm³/mol. The summed E-state index contributed by atoms with van der Waals surface area (Å²) in [5.74, 6) is -1.71. The second kappa shape index (κ2) is 5.53. The maximum absolute atomic E-state index is 11.4. The van der Waals surface area contributed by atoms with Gasteiger partial charge in [-0.1, -0.05) is 11.6 Å². The quantitative estimate of drug-likeness (QED) is 0.597. The molecular weight excluding hydrogens is 236 g/mol. The van der Waals surface area contributed by atoms with Crippen LogP contribution in [0.25, 0.3) is 0 Å². The van der Waals surface area contributed by atoms with Gasteiger partial charge in [-0.05, 0) is 6.07 Å². The largest absolute Gasteiger partial charge is 0.479 e. The highest BCUT2D eigenvalue weighted by molar-refractivity contribution is 6.30. The number of aliphatic carboxylic acids is 1. The van der Waals surface area contributed by atoms with E-state index in [1.807, 2.05) is 0 Å². The number of carbonyl (C=O) groups is 2. The van der Waals surface area contributed by atoms with Crippen molar-refractivity contribution in [3.05, 3.63) is 23.0 Å².